The van der Waals surface area contributed by atoms with Gasteiger partial charge in [0.25, 0.3) is 0 Å². The third-order valence-corrected chi connectivity index (χ3v) is 3.70. The predicted octanol–water partition coefficient (Wildman–Crippen LogP) is 4.34. The molecule has 0 aliphatic carbocycles. The van der Waals surface area contributed by atoms with E-state index in [1.807, 2.05) is 0 Å². The van der Waals surface area contributed by atoms with Crippen molar-refractivity contribution in [2.45, 2.75) is 19.3 Å². The van der Waals surface area contributed by atoms with Crippen LogP contribution in [0.5, 0.6) is 5.75 Å². The number of rotatable bonds is 5. The van der Waals surface area contributed by atoms with E-state index in [0.29, 0.717) is 5.56 Å². The van der Waals surface area contributed by atoms with Crippen LogP contribution in [-0.4, -0.2) is 20.1 Å². The summed E-state index contributed by atoms with van der Waals surface area (Å²) in [4.78, 5) is 3.94. The summed E-state index contributed by atoms with van der Waals surface area (Å²) < 4.78 is 58.1. The maximum atomic E-state index is 13.6. The van der Waals surface area contributed by atoms with Gasteiger partial charge >= 0.3 is 6.18 Å². The van der Waals surface area contributed by atoms with Crippen LogP contribution >= 0.6 is 24.0 Å². The van der Waals surface area contributed by atoms with E-state index in [4.69, 9.17) is 4.74 Å². The second kappa shape index (κ2) is 10.3. The van der Waals surface area contributed by atoms with Crippen molar-refractivity contribution in [3.8, 4) is 5.75 Å². The SMILES string of the molecule is CN=C(NCc1ccccc1F)NCc1ccc(OC)cc1C(F)(F)F.I. The molecule has 0 amide bonds. The molecule has 0 unspecified atom stereocenters. The minimum atomic E-state index is -4.50. The number of benzene rings is 2. The van der Waals surface area contributed by atoms with Gasteiger partial charge in [-0.2, -0.15) is 13.2 Å². The highest BCUT2D eigenvalue weighted by Gasteiger charge is 2.33. The zero-order valence-corrected chi connectivity index (χ0v) is 17.1. The van der Waals surface area contributed by atoms with Crippen molar-refractivity contribution in [2.75, 3.05) is 14.2 Å². The van der Waals surface area contributed by atoms with Crippen LogP contribution in [0.25, 0.3) is 0 Å². The van der Waals surface area contributed by atoms with Crippen molar-refractivity contribution in [3.63, 3.8) is 0 Å². The van der Waals surface area contributed by atoms with Gasteiger partial charge in [0.2, 0.25) is 0 Å². The van der Waals surface area contributed by atoms with E-state index >= 15 is 0 Å². The summed E-state index contributed by atoms with van der Waals surface area (Å²) in [6.45, 7) is 0.0525. The van der Waals surface area contributed by atoms with Crippen LogP contribution in [-0.2, 0) is 19.3 Å². The molecular formula is C18H20F4IN3O. The summed E-state index contributed by atoms with van der Waals surface area (Å²) in [6.07, 6.45) is -4.50. The van der Waals surface area contributed by atoms with Gasteiger partial charge in [0.15, 0.2) is 5.96 Å². The lowest BCUT2D eigenvalue weighted by atomic mass is 10.1. The van der Waals surface area contributed by atoms with Gasteiger partial charge in [0.1, 0.15) is 11.6 Å². The lowest BCUT2D eigenvalue weighted by Gasteiger charge is -2.17. The molecule has 2 aromatic carbocycles. The second-order valence-electron chi connectivity index (χ2n) is 5.39. The smallest absolute Gasteiger partial charge is 0.416 e. The normalized spacial score (nSPS) is 11.6. The highest BCUT2D eigenvalue weighted by molar-refractivity contribution is 14.0. The first-order chi connectivity index (χ1) is 12.3. The number of guanidine groups is 1. The fourth-order valence-electron chi connectivity index (χ4n) is 2.32. The molecule has 0 radical (unpaired) electrons. The Bertz CT molecular complexity index is 781. The third kappa shape index (κ3) is 6.56. The molecule has 0 aromatic heterocycles. The summed E-state index contributed by atoms with van der Waals surface area (Å²) in [5.74, 6) is 0.0188. The summed E-state index contributed by atoms with van der Waals surface area (Å²) in [5.41, 5.74) is -0.308. The first kappa shape index (κ1) is 23.0. The van der Waals surface area contributed by atoms with Crippen LogP contribution in [0.2, 0.25) is 0 Å². The predicted molar refractivity (Wildman–Crippen MR) is 107 cm³/mol. The van der Waals surface area contributed by atoms with Gasteiger partial charge in [-0.1, -0.05) is 24.3 Å². The van der Waals surface area contributed by atoms with E-state index in [1.54, 1.807) is 18.2 Å². The van der Waals surface area contributed by atoms with Gasteiger partial charge in [0, 0.05) is 25.7 Å². The largest absolute Gasteiger partial charge is 0.497 e. The van der Waals surface area contributed by atoms with Crippen molar-refractivity contribution in [2.24, 2.45) is 4.99 Å². The number of aliphatic imine (C=N–C) groups is 1. The fourth-order valence-corrected chi connectivity index (χ4v) is 2.32. The van der Waals surface area contributed by atoms with Crippen molar-refractivity contribution < 1.29 is 22.3 Å². The van der Waals surface area contributed by atoms with Crippen LogP contribution in [0, 0.1) is 5.82 Å². The quantitative estimate of drug-likeness (QED) is 0.280. The Kier molecular flexibility index (Phi) is 8.80. The van der Waals surface area contributed by atoms with Crippen molar-refractivity contribution >= 4 is 29.9 Å². The third-order valence-electron chi connectivity index (χ3n) is 3.70. The first-order valence-electron chi connectivity index (χ1n) is 7.77. The zero-order chi connectivity index (χ0) is 19.2. The lowest BCUT2D eigenvalue weighted by molar-refractivity contribution is -0.138. The number of methoxy groups -OCH3 is 1. The summed E-state index contributed by atoms with van der Waals surface area (Å²) >= 11 is 0. The molecule has 0 heterocycles. The summed E-state index contributed by atoms with van der Waals surface area (Å²) in [5, 5.41) is 5.67. The van der Waals surface area contributed by atoms with E-state index in [1.165, 1.54) is 32.4 Å². The molecule has 9 heteroatoms. The van der Waals surface area contributed by atoms with Crippen LogP contribution in [0.15, 0.2) is 47.5 Å². The van der Waals surface area contributed by atoms with E-state index < -0.39 is 11.7 Å². The molecule has 27 heavy (non-hydrogen) atoms. The van der Waals surface area contributed by atoms with E-state index in [0.717, 1.165) is 6.07 Å². The topological polar surface area (TPSA) is 45.7 Å². The molecule has 0 saturated heterocycles. The number of nitrogens with zero attached hydrogens (tertiary/aromatic N) is 1. The van der Waals surface area contributed by atoms with Crippen LogP contribution < -0.4 is 15.4 Å². The van der Waals surface area contributed by atoms with Crippen molar-refractivity contribution in [1.82, 2.24) is 10.6 Å². The standard InChI is InChI=1S/C18H19F4N3O.HI/c1-23-17(25-11-13-5-3-4-6-16(13)19)24-10-12-7-8-14(26-2)9-15(12)18(20,21)22;/h3-9H,10-11H2,1-2H3,(H2,23,24,25);1H. The average molecular weight is 497 g/mol. The molecule has 0 fully saturated rings. The number of alkyl halides is 3. The molecule has 0 bridgehead atoms. The number of hydrogen-bond donors (Lipinski definition) is 2. The first-order valence-corrected chi connectivity index (χ1v) is 7.77. The molecule has 0 spiro atoms. The van der Waals surface area contributed by atoms with Crippen LogP contribution in [0.4, 0.5) is 17.6 Å². The molecule has 148 valence electrons. The van der Waals surface area contributed by atoms with E-state index in [9.17, 15) is 17.6 Å². The molecule has 0 atom stereocenters. The molecule has 0 aliphatic rings. The Balaban J connectivity index is 0.00000364. The minimum absolute atomic E-state index is 0. The maximum absolute atomic E-state index is 13.6. The van der Waals surface area contributed by atoms with Gasteiger partial charge in [-0.25, -0.2) is 4.39 Å². The van der Waals surface area contributed by atoms with Gasteiger partial charge in [-0.3, -0.25) is 4.99 Å². The fraction of sp³-hybridized carbons (Fsp3) is 0.278. The van der Waals surface area contributed by atoms with Gasteiger partial charge < -0.3 is 15.4 Å². The number of ether oxygens (including phenoxy) is 1. The summed E-state index contributed by atoms with van der Waals surface area (Å²) in [7, 11) is 2.79. The number of halogens is 5. The van der Waals surface area contributed by atoms with Gasteiger partial charge in [0.05, 0.1) is 12.7 Å². The molecule has 0 aliphatic heterocycles. The maximum Gasteiger partial charge on any atom is 0.416 e. The van der Waals surface area contributed by atoms with Crippen LogP contribution in [0.3, 0.4) is 0 Å². The molecule has 4 nitrogen and oxygen atoms in total. The van der Waals surface area contributed by atoms with E-state index in [2.05, 4.69) is 15.6 Å². The molecule has 2 rings (SSSR count). The lowest BCUT2D eigenvalue weighted by Crippen LogP contribution is -2.37. The Hall–Kier alpha value is -2.04. The average Bonchev–Trinajstić information content (AvgIpc) is 2.62. The molecule has 2 N–H and O–H groups in total. The van der Waals surface area contributed by atoms with Crippen molar-refractivity contribution in [3.05, 3.63) is 65.0 Å². The summed E-state index contributed by atoms with van der Waals surface area (Å²) in [6, 6.07) is 9.98. The minimum Gasteiger partial charge on any atom is -0.497 e. The van der Waals surface area contributed by atoms with Gasteiger partial charge in [-0.15, -0.1) is 24.0 Å². The number of hydrogen-bond acceptors (Lipinski definition) is 2. The highest BCUT2D eigenvalue weighted by atomic mass is 127. The Labute approximate surface area is 172 Å². The zero-order valence-electron chi connectivity index (χ0n) is 14.7. The second-order valence-corrected chi connectivity index (χ2v) is 5.39. The molecule has 2 aromatic rings. The Morgan fingerprint density at radius 3 is 2.22 bits per heavy atom. The monoisotopic (exact) mass is 497 g/mol. The van der Waals surface area contributed by atoms with Crippen LogP contribution in [0.1, 0.15) is 16.7 Å². The van der Waals surface area contributed by atoms with Gasteiger partial charge in [-0.05, 0) is 23.8 Å². The number of nitrogens with one attached hydrogen (secondary N) is 2. The Morgan fingerprint density at radius 1 is 1.04 bits per heavy atom. The van der Waals surface area contributed by atoms with Crippen molar-refractivity contribution in [1.29, 1.82) is 0 Å². The molecule has 0 saturated carbocycles. The molecular weight excluding hydrogens is 477 g/mol. The Morgan fingerprint density at radius 2 is 1.67 bits per heavy atom. The van der Waals surface area contributed by atoms with E-state index in [-0.39, 0.29) is 60.2 Å². The highest BCUT2D eigenvalue weighted by Crippen LogP contribution is 2.34.